The molecule has 52 heavy (non-hydrogen) atoms. The number of amides is 3. The van der Waals surface area contributed by atoms with Crippen molar-refractivity contribution < 1.29 is 37.0 Å². The second-order valence-corrected chi connectivity index (χ2v) is 16.4. The Balaban J connectivity index is 1.22. The molecule has 5 unspecified atom stereocenters. The molecule has 2 aliphatic heterocycles. The number of hydrogen-bond acceptors (Lipinski definition) is 10. The summed E-state index contributed by atoms with van der Waals surface area (Å²) in [5.41, 5.74) is 2.30. The van der Waals surface area contributed by atoms with E-state index in [1.165, 1.54) is 4.90 Å². The van der Waals surface area contributed by atoms with Crippen LogP contribution in [0.1, 0.15) is 63.1 Å². The second kappa shape index (κ2) is 13.8. The molecule has 2 aromatic heterocycles. The number of aryl methyl sites for hydroxylation is 3. The topological polar surface area (TPSA) is 171 Å². The Morgan fingerprint density at radius 2 is 1.92 bits per heavy atom. The number of carbonyl (C=O) groups is 3. The molecule has 0 radical (unpaired) electrons. The molecular weight excluding hydrogens is 689 g/mol. The fraction of sp³-hybridized carbons (Fsp3) is 0.541. The van der Waals surface area contributed by atoms with Crippen LogP contribution in [-0.4, -0.2) is 95.1 Å². The molecule has 1 saturated heterocycles. The van der Waals surface area contributed by atoms with Crippen molar-refractivity contribution in [1.82, 2.24) is 29.7 Å². The first kappa shape index (κ1) is 35.9. The molecule has 3 amide bonds. The highest BCUT2D eigenvalue weighted by atomic mass is 32.2. The van der Waals surface area contributed by atoms with Gasteiger partial charge in [-0.05, 0) is 77.5 Å². The van der Waals surface area contributed by atoms with Crippen LogP contribution in [-0.2, 0) is 36.2 Å². The summed E-state index contributed by atoms with van der Waals surface area (Å²) in [5.74, 6) is -0.873. The van der Waals surface area contributed by atoms with Crippen molar-refractivity contribution >= 4 is 38.6 Å². The van der Waals surface area contributed by atoms with Gasteiger partial charge in [-0.2, -0.15) is 5.10 Å². The third-order valence-electron chi connectivity index (χ3n) is 10.6. The maximum absolute atomic E-state index is 14.3. The second-order valence-electron chi connectivity index (χ2n) is 14.5. The first-order valence-electron chi connectivity index (χ1n) is 17.9. The Kier molecular flexibility index (Phi) is 9.53. The van der Waals surface area contributed by atoms with Crippen LogP contribution in [0.5, 0.6) is 11.5 Å². The predicted molar refractivity (Wildman–Crippen MR) is 192 cm³/mol. The van der Waals surface area contributed by atoms with E-state index < -0.39 is 50.9 Å². The number of carbonyl (C=O) groups excluding carboxylic acids is 3. The van der Waals surface area contributed by atoms with Crippen LogP contribution in [0.3, 0.4) is 0 Å². The van der Waals surface area contributed by atoms with Crippen LogP contribution in [0.25, 0.3) is 22.3 Å². The van der Waals surface area contributed by atoms with Crippen LogP contribution < -0.4 is 19.5 Å². The number of benzene rings is 1. The predicted octanol–water partition coefficient (Wildman–Crippen LogP) is 3.24. The Morgan fingerprint density at radius 1 is 1.13 bits per heavy atom. The summed E-state index contributed by atoms with van der Waals surface area (Å²) in [6.45, 7) is 5.97. The van der Waals surface area contributed by atoms with E-state index in [9.17, 15) is 22.8 Å². The number of sulfonamides is 1. The molecule has 4 aliphatic rings. The average molecular weight is 735 g/mol. The van der Waals surface area contributed by atoms with Crippen LogP contribution in [0.4, 0.5) is 0 Å². The summed E-state index contributed by atoms with van der Waals surface area (Å²) in [6, 6.07) is 6.51. The van der Waals surface area contributed by atoms with Gasteiger partial charge in [0, 0.05) is 43.0 Å². The van der Waals surface area contributed by atoms with Crippen LogP contribution in [0.2, 0.25) is 0 Å². The van der Waals surface area contributed by atoms with Crippen molar-refractivity contribution in [2.45, 2.75) is 94.8 Å². The fourth-order valence-electron chi connectivity index (χ4n) is 7.39. The number of allylic oxidation sites excluding steroid dienone is 1. The van der Waals surface area contributed by atoms with Gasteiger partial charge >= 0.3 is 0 Å². The van der Waals surface area contributed by atoms with Gasteiger partial charge in [0.25, 0.3) is 11.8 Å². The zero-order chi connectivity index (χ0) is 36.9. The third kappa shape index (κ3) is 6.87. The molecule has 2 N–H and O–H groups in total. The van der Waals surface area contributed by atoms with E-state index in [0.29, 0.717) is 42.2 Å². The van der Waals surface area contributed by atoms with Crippen molar-refractivity contribution in [2.24, 2.45) is 13.0 Å². The molecule has 15 heteroatoms. The Hall–Kier alpha value is -4.50. The van der Waals surface area contributed by atoms with Gasteiger partial charge in [-0.1, -0.05) is 12.2 Å². The first-order chi connectivity index (χ1) is 24.8. The Morgan fingerprint density at radius 3 is 2.63 bits per heavy atom. The molecule has 7 rings (SSSR count). The SMILES string of the molecule is COc1ccc2c(OC3CC4C(=O)NC5(C(=O)NS(=O)(=O)C6CC6)CC5C=CCCCCOC(C)C(=O)N4C3)cc(-c3cc(C)nn3C)nc2c1C. The van der Waals surface area contributed by atoms with Crippen molar-refractivity contribution in [3.8, 4) is 22.9 Å². The molecule has 14 nitrogen and oxygen atoms in total. The Bertz CT molecular complexity index is 2060. The molecule has 3 aromatic rings. The van der Waals surface area contributed by atoms with Gasteiger partial charge < -0.3 is 24.4 Å². The smallest absolute Gasteiger partial charge is 0.259 e. The molecule has 2 aliphatic carbocycles. The van der Waals surface area contributed by atoms with Crippen LogP contribution in [0.15, 0.2) is 36.4 Å². The number of fused-ring (bicyclic) bond motifs is 3. The summed E-state index contributed by atoms with van der Waals surface area (Å²) in [4.78, 5) is 48.3. The highest BCUT2D eigenvalue weighted by molar-refractivity contribution is 7.91. The molecule has 5 atom stereocenters. The van der Waals surface area contributed by atoms with E-state index in [2.05, 4.69) is 15.1 Å². The molecule has 0 spiro atoms. The fourth-order valence-corrected chi connectivity index (χ4v) is 8.75. The lowest BCUT2D eigenvalue weighted by atomic mass is 10.1. The largest absolute Gasteiger partial charge is 0.496 e. The number of aromatic nitrogens is 3. The summed E-state index contributed by atoms with van der Waals surface area (Å²) < 4.78 is 47.8. The standard InChI is InChI=1S/C37H46N6O8S/c1-21-16-29(42(4)40-21)28-18-32(27-13-14-31(49-5)22(2)33(27)38-28)51-25-17-30-34(44)39-37(36(46)41-52(47,48)26-11-12-26)19-24(37)10-8-6-7-9-15-50-23(3)35(45)43(30)20-25/h8,10,13-14,16,18,23-26,30H,6-7,9,11-12,15,17,19-20H2,1-5H3,(H,39,44)(H,41,46). The average Bonchev–Trinajstić information content (AvgIpc) is 4.01. The number of nitrogens with zero attached hydrogens (tertiary/aromatic N) is 4. The molecule has 278 valence electrons. The molecule has 3 fully saturated rings. The minimum atomic E-state index is -3.85. The number of methoxy groups -OCH3 is 1. The molecular formula is C37H46N6O8S. The molecule has 1 aromatic carbocycles. The minimum Gasteiger partial charge on any atom is -0.496 e. The Labute approximate surface area is 303 Å². The number of nitrogens with one attached hydrogen (secondary N) is 2. The lowest BCUT2D eigenvalue weighted by Crippen LogP contribution is -2.57. The van der Waals surface area contributed by atoms with E-state index in [-0.39, 0.29) is 31.2 Å². The maximum Gasteiger partial charge on any atom is 0.259 e. The normalized spacial score (nSPS) is 26.9. The summed E-state index contributed by atoms with van der Waals surface area (Å²) in [6.07, 6.45) is 6.02. The highest BCUT2D eigenvalue weighted by Gasteiger charge is 2.62. The van der Waals surface area contributed by atoms with Crippen molar-refractivity contribution in [3.63, 3.8) is 0 Å². The lowest BCUT2D eigenvalue weighted by Gasteiger charge is -2.28. The van der Waals surface area contributed by atoms with Crippen molar-refractivity contribution in [3.05, 3.63) is 47.7 Å². The van der Waals surface area contributed by atoms with Gasteiger partial charge in [-0.25, -0.2) is 13.4 Å². The van der Waals surface area contributed by atoms with Crippen LogP contribution >= 0.6 is 0 Å². The summed E-state index contributed by atoms with van der Waals surface area (Å²) in [7, 11) is -0.405. The van der Waals surface area contributed by atoms with E-state index in [1.54, 1.807) is 18.7 Å². The van der Waals surface area contributed by atoms with E-state index >= 15 is 0 Å². The third-order valence-corrected chi connectivity index (χ3v) is 12.4. The monoisotopic (exact) mass is 734 g/mol. The quantitative estimate of drug-likeness (QED) is 0.344. The van der Waals surface area contributed by atoms with Gasteiger partial charge in [0.1, 0.15) is 35.3 Å². The maximum atomic E-state index is 14.3. The molecule has 2 saturated carbocycles. The van der Waals surface area contributed by atoms with Gasteiger partial charge in [-0.3, -0.25) is 23.8 Å². The number of ether oxygens (including phenoxy) is 3. The van der Waals surface area contributed by atoms with E-state index in [0.717, 1.165) is 41.6 Å². The summed E-state index contributed by atoms with van der Waals surface area (Å²) in [5, 5.41) is 7.54. The minimum absolute atomic E-state index is 0.0856. The lowest BCUT2D eigenvalue weighted by molar-refractivity contribution is -0.147. The van der Waals surface area contributed by atoms with Gasteiger partial charge in [0.2, 0.25) is 15.9 Å². The van der Waals surface area contributed by atoms with Crippen LogP contribution in [0, 0.1) is 19.8 Å². The summed E-state index contributed by atoms with van der Waals surface area (Å²) >= 11 is 0. The number of hydrogen-bond donors (Lipinski definition) is 2. The molecule has 0 bridgehead atoms. The van der Waals surface area contributed by atoms with E-state index in [4.69, 9.17) is 19.2 Å². The van der Waals surface area contributed by atoms with E-state index in [1.807, 2.05) is 57.3 Å². The first-order valence-corrected chi connectivity index (χ1v) is 19.5. The zero-order valence-corrected chi connectivity index (χ0v) is 31.0. The zero-order valence-electron chi connectivity index (χ0n) is 30.2. The van der Waals surface area contributed by atoms with Gasteiger partial charge in [0.05, 0.1) is 41.5 Å². The van der Waals surface area contributed by atoms with Crippen molar-refractivity contribution in [2.75, 3.05) is 20.3 Å². The van der Waals surface area contributed by atoms with Gasteiger partial charge in [0.15, 0.2) is 0 Å². The van der Waals surface area contributed by atoms with Crippen molar-refractivity contribution in [1.29, 1.82) is 0 Å². The number of pyridine rings is 1. The molecule has 4 heterocycles. The highest BCUT2D eigenvalue weighted by Crippen LogP contribution is 2.46. The number of rotatable bonds is 7. The van der Waals surface area contributed by atoms with Gasteiger partial charge in [-0.15, -0.1) is 0 Å².